The quantitative estimate of drug-likeness (QED) is 0.788. The molecule has 0 fully saturated rings. The molecule has 0 amide bonds. The molecule has 0 atom stereocenters. The Balaban J connectivity index is 2.24. The van der Waals surface area contributed by atoms with Gasteiger partial charge in [-0.15, -0.1) is 0 Å². The second-order valence-corrected chi connectivity index (χ2v) is 4.54. The number of nitrogens with zero attached hydrogens (tertiary/aromatic N) is 3. The maximum absolute atomic E-state index is 4.52. The molecule has 0 aliphatic heterocycles. The first-order valence-corrected chi connectivity index (χ1v) is 5.63. The third kappa shape index (κ3) is 2.48. The van der Waals surface area contributed by atoms with Gasteiger partial charge in [-0.2, -0.15) is 5.10 Å². The van der Waals surface area contributed by atoms with Crippen LogP contribution in [0.15, 0.2) is 30.6 Å². The highest BCUT2D eigenvalue weighted by Gasteiger charge is 2.04. The lowest BCUT2D eigenvalue weighted by Crippen LogP contribution is -2.01. The van der Waals surface area contributed by atoms with Gasteiger partial charge < -0.3 is 0 Å². The minimum Gasteiger partial charge on any atom is -0.237 e. The van der Waals surface area contributed by atoms with E-state index in [9.17, 15) is 0 Å². The van der Waals surface area contributed by atoms with Crippen LogP contribution >= 0.6 is 0 Å². The van der Waals surface area contributed by atoms with Crippen molar-refractivity contribution in [3.05, 3.63) is 41.9 Å². The molecule has 0 saturated heterocycles. The molecule has 0 saturated carbocycles. The van der Waals surface area contributed by atoms with Crippen LogP contribution in [0.1, 0.15) is 25.1 Å². The van der Waals surface area contributed by atoms with E-state index in [1.807, 2.05) is 29.2 Å². The fraction of sp³-hybridized carbons (Fsp3) is 0.385. The highest BCUT2D eigenvalue weighted by atomic mass is 15.3. The van der Waals surface area contributed by atoms with Crippen LogP contribution in [0.25, 0.3) is 5.82 Å². The average molecular weight is 215 g/mol. The van der Waals surface area contributed by atoms with Crippen molar-refractivity contribution in [3.8, 4) is 5.82 Å². The minimum atomic E-state index is 0.633. The molecule has 0 spiro atoms. The van der Waals surface area contributed by atoms with E-state index in [1.165, 1.54) is 5.56 Å². The fourth-order valence-corrected chi connectivity index (χ4v) is 1.66. The summed E-state index contributed by atoms with van der Waals surface area (Å²) in [7, 11) is 0. The van der Waals surface area contributed by atoms with E-state index in [0.717, 1.165) is 17.9 Å². The lowest BCUT2D eigenvalue weighted by molar-refractivity contribution is 0.627. The zero-order valence-corrected chi connectivity index (χ0v) is 10.0. The number of aryl methyl sites for hydroxylation is 1. The summed E-state index contributed by atoms with van der Waals surface area (Å²) < 4.78 is 1.84. The molecule has 3 heteroatoms. The van der Waals surface area contributed by atoms with E-state index >= 15 is 0 Å². The number of hydrogen-bond acceptors (Lipinski definition) is 2. The zero-order chi connectivity index (χ0) is 11.5. The second kappa shape index (κ2) is 4.47. The van der Waals surface area contributed by atoms with E-state index in [1.54, 1.807) is 0 Å². The summed E-state index contributed by atoms with van der Waals surface area (Å²) >= 11 is 0. The number of rotatable bonds is 3. The molecule has 2 rings (SSSR count). The van der Waals surface area contributed by atoms with Gasteiger partial charge in [0.2, 0.25) is 0 Å². The Bertz CT molecular complexity index is 472. The van der Waals surface area contributed by atoms with Crippen molar-refractivity contribution in [2.24, 2.45) is 5.92 Å². The summed E-state index contributed by atoms with van der Waals surface area (Å²) in [5.74, 6) is 1.52. The Kier molecular flexibility index (Phi) is 3.04. The summed E-state index contributed by atoms with van der Waals surface area (Å²) in [5, 5.41) is 4.52. The summed E-state index contributed by atoms with van der Waals surface area (Å²) in [6.45, 7) is 6.46. The van der Waals surface area contributed by atoms with Crippen LogP contribution in [0.3, 0.4) is 0 Å². The molecule has 0 radical (unpaired) electrons. The SMILES string of the molecule is Cc1ccnc(-n2ccc(CC(C)C)n2)c1. The van der Waals surface area contributed by atoms with Crippen LogP contribution in [0.5, 0.6) is 0 Å². The Labute approximate surface area is 96.1 Å². The van der Waals surface area contributed by atoms with E-state index < -0.39 is 0 Å². The van der Waals surface area contributed by atoms with Crippen molar-refractivity contribution in [3.63, 3.8) is 0 Å². The molecular weight excluding hydrogens is 198 g/mol. The third-order valence-electron chi connectivity index (χ3n) is 2.40. The van der Waals surface area contributed by atoms with Crippen LogP contribution in [0, 0.1) is 12.8 Å². The van der Waals surface area contributed by atoms with E-state index in [2.05, 4.69) is 36.9 Å². The Morgan fingerprint density at radius 1 is 1.31 bits per heavy atom. The minimum absolute atomic E-state index is 0.633. The lowest BCUT2D eigenvalue weighted by atomic mass is 10.1. The maximum atomic E-state index is 4.52. The highest BCUT2D eigenvalue weighted by Crippen LogP contribution is 2.09. The Hall–Kier alpha value is -1.64. The van der Waals surface area contributed by atoms with Gasteiger partial charge in [0.25, 0.3) is 0 Å². The number of aromatic nitrogens is 3. The highest BCUT2D eigenvalue weighted by molar-refractivity contribution is 5.26. The van der Waals surface area contributed by atoms with Gasteiger partial charge >= 0.3 is 0 Å². The smallest absolute Gasteiger partial charge is 0.153 e. The van der Waals surface area contributed by atoms with Crippen LogP contribution < -0.4 is 0 Å². The zero-order valence-electron chi connectivity index (χ0n) is 10.0. The molecule has 0 N–H and O–H groups in total. The van der Waals surface area contributed by atoms with Crippen LogP contribution in [-0.2, 0) is 6.42 Å². The van der Waals surface area contributed by atoms with Crippen molar-refractivity contribution in [1.29, 1.82) is 0 Å². The standard InChI is InChI=1S/C13H17N3/c1-10(2)8-12-5-7-16(15-12)13-9-11(3)4-6-14-13/h4-7,9-10H,8H2,1-3H3. The first kappa shape index (κ1) is 10.9. The van der Waals surface area contributed by atoms with Gasteiger partial charge in [0.05, 0.1) is 5.69 Å². The van der Waals surface area contributed by atoms with Gasteiger partial charge in [-0.3, -0.25) is 0 Å². The van der Waals surface area contributed by atoms with E-state index in [-0.39, 0.29) is 0 Å². The average Bonchev–Trinajstić information content (AvgIpc) is 2.65. The van der Waals surface area contributed by atoms with Gasteiger partial charge in [-0.1, -0.05) is 13.8 Å². The first-order valence-electron chi connectivity index (χ1n) is 5.63. The number of hydrogen-bond donors (Lipinski definition) is 0. The summed E-state index contributed by atoms with van der Waals surface area (Å²) in [5.41, 5.74) is 2.32. The van der Waals surface area contributed by atoms with Gasteiger partial charge in [0.1, 0.15) is 0 Å². The van der Waals surface area contributed by atoms with Gasteiger partial charge in [0, 0.05) is 12.4 Å². The molecule has 0 bridgehead atoms. The molecule has 3 nitrogen and oxygen atoms in total. The number of pyridine rings is 1. The molecule has 0 aliphatic rings. The molecule has 0 aromatic carbocycles. The fourth-order valence-electron chi connectivity index (χ4n) is 1.66. The predicted molar refractivity (Wildman–Crippen MR) is 64.6 cm³/mol. The lowest BCUT2D eigenvalue weighted by Gasteiger charge is -2.02. The summed E-state index contributed by atoms with van der Waals surface area (Å²) in [4.78, 5) is 4.30. The predicted octanol–water partition coefficient (Wildman–Crippen LogP) is 2.77. The molecule has 84 valence electrons. The Morgan fingerprint density at radius 2 is 2.12 bits per heavy atom. The van der Waals surface area contributed by atoms with Crippen LogP contribution in [-0.4, -0.2) is 14.8 Å². The van der Waals surface area contributed by atoms with Crippen molar-refractivity contribution < 1.29 is 0 Å². The van der Waals surface area contributed by atoms with Crippen molar-refractivity contribution >= 4 is 0 Å². The second-order valence-electron chi connectivity index (χ2n) is 4.54. The van der Waals surface area contributed by atoms with Gasteiger partial charge in [-0.25, -0.2) is 9.67 Å². The molecule has 2 aromatic rings. The van der Waals surface area contributed by atoms with Crippen LogP contribution in [0.2, 0.25) is 0 Å². The molecule has 16 heavy (non-hydrogen) atoms. The topological polar surface area (TPSA) is 30.7 Å². The molecule has 2 heterocycles. The van der Waals surface area contributed by atoms with Crippen molar-refractivity contribution in [2.45, 2.75) is 27.2 Å². The third-order valence-corrected chi connectivity index (χ3v) is 2.40. The van der Waals surface area contributed by atoms with Crippen LogP contribution in [0.4, 0.5) is 0 Å². The normalized spacial score (nSPS) is 11.0. The molecule has 0 unspecified atom stereocenters. The van der Waals surface area contributed by atoms with Crippen molar-refractivity contribution in [2.75, 3.05) is 0 Å². The largest absolute Gasteiger partial charge is 0.237 e. The summed E-state index contributed by atoms with van der Waals surface area (Å²) in [6, 6.07) is 6.08. The van der Waals surface area contributed by atoms with Crippen molar-refractivity contribution in [1.82, 2.24) is 14.8 Å². The van der Waals surface area contributed by atoms with E-state index in [4.69, 9.17) is 0 Å². The monoisotopic (exact) mass is 215 g/mol. The molecular formula is C13H17N3. The first-order chi connectivity index (χ1) is 7.65. The van der Waals surface area contributed by atoms with E-state index in [0.29, 0.717) is 5.92 Å². The molecule has 0 aliphatic carbocycles. The van der Waals surface area contributed by atoms with Gasteiger partial charge in [0.15, 0.2) is 5.82 Å². The Morgan fingerprint density at radius 3 is 2.81 bits per heavy atom. The summed E-state index contributed by atoms with van der Waals surface area (Å²) in [6.07, 6.45) is 4.80. The van der Waals surface area contributed by atoms with Gasteiger partial charge in [-0.05, 0) is 43.0 Å². The molecule has 2 aromatic heterocycles. The maximum Gasteiger partial charge on any atom is 0.153 e.